The van der Waals surface area contributed by atoms with Crippen LogP contribution in [0.2, 0.25) is 0 Å². The maximum Gasteiger partial charge on any atom is 0.188 e. The van der Waals surface area contributed by atoms with Crippen LogP contribution in [-0.4, -0.2) is 64.7 Å². The first-order valence-electron chi connectivity index (χ1n) is 15.2. The third-order valence-corrected chi connectivity index (χ3v) is 9.87. The van der Waals surface area contributed by atoms with Crippen molar-refractivity contribution in [2.45, 2.75) is 55.3 Å². The number of thioether (sulfide) groups is 1. The summed E-state index contributed by atoms with van der Waals surface area (Å²) in [5.74, 6) is 3.67. The molecule has 2 aliphatic heterocycles. The van der Waals surface area contributed by atoms with Gasteiger partial charge in [-0.25, -0.2) is 0 Å². The van der Waals surface area contributed by atoms with E-state index in [1.54, 1.807) is 14.2 Å². The van der Waals surface area contributed by atoms with Gasteiger partial charge in [0, 0.05) is 36.2 Å². The molecule has 3 aromatic rings. The molecular formula is C35H45NO5S. The summed E-state index contributed by atoms with van der Waals surface area (Å²) in [5.41, 5.74) is 3.74. The van der Waals surface area contributed by atoms with Gasteiger partial charge < -0.3 is 28.6 Å². The number of methoxy groups -OCH3 is 2. The van der Waals surface area contributed by atoms with E-state index < -0.39 is 0 Å². The molecule has 2 aliphatic rings. The minimum atomic E-state index is -0.136. The molecule has 1 saturated heterocycles. The van der Waals surface area contributed by atoms with Crippen LogP contribution in [0.1, 0.15) is 61.6 Å². The first-order chi connectivity index (χ1) is 20.6. The fourth-order valence-electron chi connectivity index (χ4n) is 6.17. The summed E-state index contributed by atoms with van der Waals surface area (Å²) in [6.45, 7) is 7.33. The highest BCUT2D eigenvalue weighted by molar-refractivity contribution is 7.99. The van der Waals surface area contributed by atoms with Crippen LogP contribution in [0.15, 0.2) is 71.6 Å². The van der Waals surface area contributed by atoms with E-state index in [2.05, 4.69) is 66.4 Å². The Hall–Kier alpha value is -2.71. The smallest absolute Gasteiger partial charge is 0.188 e. The van der Waals surface area contributed by atoms with E-state index in [9.17, 15) is 0 Å². The lowest BCUT2D eigenvalue weighted by Gasteiger charge is -2.43. The standard InChI is InChI=1S/C35H45NO5S/c1-35(28-11-15-30(16-12-28)40-25-37-2)24-42-33-23-31(41-26-38-3)17-18-32(33)34(35)27-9-13-29(14-10-27)39-22-8-7-21-36-19-5-4-6-20-36/h9-18,23,34H,4-8,19-22,24-26H2,1-3H3/t34?,35-/m0/s1. The molecule has 0 amide bonds. The zero-order valence-corrected chi connectivity index (χ0v) is 26.1. The predicted molar refractivity (Wildman–Crippen MR) is 169 cm³/mol. The molecule has 0 radical (unpaired) electrons. The van der Waals surface area contributed by atoms with Gasteiger partial charge in [0.05, 0.1) is 6.61 Å². The number of likely N-dealkylation sites (tertiary alicyclic amines) is 1. The van der Waals surface area contributed by atoms with Crippen LogP contribution >= 0.6 is 11.8 Å². The van der Waals surface area contributed by atoms with Crippen molar-refractivity contribution in [1.29, 1.82) is 0 Å². The number of benzene rings is 3. The van der Waals surface area contributed by atoms with Crippen LogP contribution in [-0.2, 0) is 14.9 Å². The lowest BCUT2D eigenvalue weighted by atomic mass is 9.67. The molecule has 6 nitrogen and oxygen atoms in total. The van der Waals surface area contributed by atoms with Gasteiger partial charge in [-0.15, -0.1) is 11.8 Å². The molecule has 0 bridgehead atoms. The Morgan fingerprint density at radius 3 is 2.12 bits per heavy atom. The fraction of sp³-hybridized carbons (Fsp3) is 0.486. The predicted octanol–water partition coefficient (Wildman–Crippen LogP) is 7.49. The van der Waals surface area contributed by atoms with E-state index in [4.69, 9.17) is 23.7 Å². The van der Waals surface area contributed by atoms with Gasteiger partial charge in [0.15, 0.2) is 13.6 Å². The number of rotatable bonds is 14. The average Bonchev–Trinajstić information content (AvgIpc) is 3.04. The van der Waals surface area contributed by atoms with E-state index in [1.807, 2.05) is 23.9 Å². The highest BCUT2D eigenvalue weighted by Gasteiger charge is 2.42. The zero-order chi connectivity index (χ0) is 29.2. The van der Waals surface area contributed by atoms with Gasteiger partial charge in [0.2, 0.25) is 0 Å². The molecule has 7 heteroatoms. The number of ether oxygens (including phenoxy) is 5. The van der Waals surface area contributed by atoms with Crippen molar-refractivity contribution < 1.29 is 23.7 Å². The maximum atomic E-state index is 6.17. The molecule has 2 heterocycles. The van der Waals surface area contributed by atoms with Gasteiger partial charge in [-0.05, 0) is 98.4 Å². The maximum absolute atomic E-state index is 6.17. The molecule has 42 heavy (non-hydrogen) atoms. The second kappa shape index (κ2) is 15.1. The van der Waals surface area contributed by atoms with Crippen LogP contribution in [0.3, 0.4) is 0 Å². The van der Waals surface area contributed by atoms with Crippen molar-refractivity contribution >= 4 is 11.8 Å². The van der Waals surface area contributed by atoms with Gasteiger partial charge in [-0.1, -0.05) is 43.7 Å². The topological polar surface area (TPSA) is 49.4 Å². The molecule has 0 spiro atoms. The number of hydrogen-bond donors (Lipinski definition) is 0. The Kier molecular flexibility index (Phi) is 11.1. The first kappa shape index (κ1) is 30.7. The van der Waals surface area contributed by atoms with E-state index in [0.717, 1.165) is 36.0 Å². The van der Waals surface area contributed by atoms with Crippen molar-refractivity contribution in [3.8, 4) is 17.2 Å². The summed E-state index contributed by atoms with van der Waals surface area (Å²) >= 11 is 1.88. The van der Waals surface area contributed by atoms with Crippen LogP contribution in [0.25, 0.3) is 0 Å². The molecule has 0 saturated carbocycles. The SMILES string of the molecule is COCOc1ccc([C@]2(C)CSc3cc(OCOC)ccc3C2c2ccc(OCCCCN3CCCCC3)cc2)cc1. The van der Waals surface area contributed by atoms with Crippen LogP contribution in [0, 0.1) is 0 Å². The molecule has 1 unspecified atom stereocenters. The first-order valence-corrected chi connectivity index (χ1v) is 16.1. The Morgan fingerprint density at radius 2 is 1.40 bits per heavy atom. The third kappa shape index (κ3) is 7.62. The summed E-state index contributed by atoms with van der Waals surface area (Å²) in [5, 5.41) is 0. The Bertz CT molecular complexity index is 1250. The summed E-state index contributed by atoms with van der Waals surface area (Å²) in [7, 11) is 3.28. The molecule has 0 N–H and O–H groups in total. The van der Waals surface area contributed by atoms with E-state index in [-0.39, 0.29) is 24.9 Å². The van der Waals surface area contributed by atoms with Gasteiger partial charge in [0.1, 0.15) is 17.2 Å². The average molecular weight is 592 g/mol. The quantitative estimate of drug-likeness (QED) is 0.142. The second-order valence-corrected chi connectivity index (χ2v) is 12.5. The van der Waals surface area contributed by atoms with Crippen molar-refractivity contribution in [1.82, 2.24) is 4.90 Å². The Labute approximate surface area is 255 Å². The van der Waals surface area contributed by atoms with E-state index in [1.165, 1.54) is 66.9 Å². The molecule has 0 aromatic heterocycles. The molecule has 226 valence electrons. The zero-order valence-electron chi connectivity index (χ0n) is 25.3. The molecule has 0 aliphatic carbocycles. The van der Waals surface area contributed by atoms with Crippen LogP contribution in [0.4, 0.5) is 0 Å². The third-order valence-electron chi connectivity index (χ3n) is 8.46. The molecule has 1 fully saturated rings. The minimum absolute atomic E-state index is 0.136. The summed E-state index contributed by atoms with van der Waals surface area (Å²) in [6, 6.07) is 23.7. The number of piperidine rings is 1. The van der Waals surface area contributed by atoms with Gasteiger partial charge in [-0.2, -0.15) is 0 Å². The minimum Gasteiger partial charge on any atom is -0.494 e. The normalized spacial score (nSPS) is 20.6. The van der Waals surface area contributed by atoms with Crippen molar-refractivity contribution in [3.63, 3.8) is 0 Å². The van der Waals surface area contributed by atoms with Crippen LogP contribution in [0.5, 0.6) is 17.2 Å². The van der Waals surface area contributed by atoms with Crippen molar-refractivity contribution in [2.24, 2.45) is 0 Å². The Balaban J connectivity index is 1.33. The number of nitrogens with zero attached hydrogens (tertiary/aromatic N) is 1. The number of hydrogen-bond acceptors (Lipinski definition) is 7. The van der Waals surface area contributed by atoms with Crippen molar-refractivity contribution in [3.05, 3.63) is 83.4 Å². The molecule has 3 aromatic carbocycles. The van der Waals surface area contributed by atoms with Gasteiger partial charge in [-0.3, -0.25) is 0 Å². The van der Waals surface area contributed by atoms with Gasteiger partial charge in [0.25, 0.3) is 0 Å². The molecule has 5 rings (SSSR count). The highest BCUT2D eigenvalue weighted by atomic mass is 32.2. The largest absolute Gasteiger partial charge is 0.494 e. The van der Waals surface area contributed by atoms with Gasteiger partial charge >= 0.3 is 0 Å². The molecular weight excluding hydrogens is 546 g/mol. The van der Waals surface area contributed by atoms with E-state index in [0.29, 0.717) is 0 Å². The lowest BCUT2D eigenvalue weighted by molar-refractivity contribution is 0.0508. The second-order valence-electron chi connectivity index (χ2n) is 11.5. The number of unbranched alkanes of at least 4 members (excludes halogenated alkanes) is 1. The van der Waals surface area contributed by atoms with E-state index >= 15 is 0 Å². The summed E-state index contributed by atoms with van der Waals surface area (Å²) in [4.78, 5) is 3.85. The lowest BCUT2D eigenvalue weighted by Crippen LogP contribution is -2.36. The summed E-state index contributed by atoms with van der Waals surface area (Å²) in [6.07, 6.45) is 6.37. The fourth-order valence-corrected chi connectivity index (χ4v) is 7.51. The summed E-state index contributed by atoms with van der Waals surface area (Å²) < 4.78 is 27.8. The number of fused-ring (bicyclic) bond motifs is 1. The monoisotopic (exact) mass is 591 g/mol. The van der Waals surface area contributed by atoms with Crippen molar-refractivity contribution in [2.75, 3.05) is 59.8 Å². The van der Waals surface area contributed by atoms with Crippen LogP contribution < -0.4 is 14.2 Å². The molecule has 2 atom stereocenters. The highest BCUT2D eigenvalue weighted by Crippen LogP contribution is 2.53. The Morgan fingerprint density at radius 1 is 0.762 bits per heavy atom.